The van der Waals surface area contributed by atoms with E-state index in [4.69, 9.17) is 15.7 Å². The molecule has 0 aliphatic heterocycles. The highest BCUT2D eigenvalue weighted by molar-refractivity contribution is 5.97. The number of rotatable bonds is 5. The predicted molar refractivity (Wildman–Crippen MR) is 71.4 cm³/mol. The van der Waals surface area contributed by atoms with Crippen molar-refractivity contribution in [2.45, 2.75) is 6.42 Å². The average Bonchev–Trinajstić information content (AvgIpc) is 2.84. The van der Waals surface area contributed by atoms with Crippen LogP contribution in [0.5, 0.6) is 5.75 Å². The van der Waals surface area contributed by atoms with Crippen LogP contribution in [-0.4, -0.2) is 27.2 Å². The molecule has 2 aromatic rings. The maximum absolute atomic E-state index is 8.62. The highest BCUT2D eigenvalue weighted by Crippen LogP contribution is 2.13. The largest absolute Gasteiger partial charge is 0.493 e. The highest BCUT2D eigenvalue weighted by Gasteiger charge is 2.03. The van der Waals surface area contributed by atoms with Crippen LogP contribution >= 0.6 is 0 Å². The summed E-state index contributed by atoms with van der Waals surface area (Å²) in [5, 5.41) is 11.6. The van der Waals surface area contributed by atoms with E-state index >= 15 is 0 Å². The molecule has 0 spiro atoms. The van der Waals surface area contributed by atoms with Crippen molar-refractivity contribution in [2.24, 2.45) is 17.9 Å². The standard InChI is InChI=1S/C13H16N4O2/c1-17-7-6-15-12(17)5-8-19-11-4-2-3-10(9-11)13(14)16-18/h2-4,6-7,9,18H,5,8H2,1H3,(H2,14,16). The molecule has 100 valence electrons. The van der Waals surface area contributed by atoms with Gasteiger partial charge in [-0.2, -0.15) is 0 Å². The fraction of sp³-hybridized carbons (Fsp3) is 0.231. The molecule has 3 N–H and O–H groups in total. The molecule has 6 heteroatoms. The second kappa shape index (κ2) is 5.90. The Morgan fingerprint density at radius 1 is 1.53 bits per heavy atom. The SMILES string of the molecule is Cn1ccnc1CCOc1cccc(/C(N)=N/O)c1. The summed E-state index contributed by atoms with van der Waals surface area (Å²) < 4.78 is 7.58. The molecule has 1 aromatic carbocycles. The fourth-order valence-corrected chi connectivity index (χ4v) is 1.70. The number of benzene rings is 1. The Hall–Kier alpha value is -2.50. The second-order valence-corrected chi connectivity index (χ2v) is 4.07. The van der Waals surface area contributed by atoms with Crippen molar-refractivity contribution in [3.63, 3.8) is 0 Å². The van der Waals surface area contributed by atoms with Gasteiger partial charge in [0.05, 0.1) is 6.61 Å². The second-order valence-electron chi connectivity index (χ2n) is 4.07. The third-order valence-electron chi connectivity index (χ3n) is 2.75. The van der Waals surface area contributed by atoms with Crippen LogP contribution in [0.25, 0.3) is 0 Å². The first-order valence-electron chi connectivity index (χ1n) is 5.87. The lowest BCUT2D eigenvalue weighted by atomic mass is 10.2. The molecule has 0 unspecified atom stereocenters. The van der Waals surface area contributed by atoms with Crippen LogP contribution in [0, 0.1) is 0 Å². The topological polar surface area (TPSA) is 85.7 Å². The molecular formula is C13H16N4O2. The molecule has 0 saturated heterocycles. The van der Waals surface area contributed by atoms with Gasteiger partial charge < -0.3 is 20.2 Å². The van der Waals surface area contributed by atoms with E-state index in [2.05, 4.69) is 10.1 Å². The molecule has 0 bridgehead atoms. The Labute approximate surface area is 111 Å². The number of ether oxygens (including phenoxy) is 1. The fourth-order valence-electron chi connectivity index (χ4n) is 1.70. The number of imidazole rings is 1. The van der Waals surface area contributed by atoms with E-state index in [1.54, 1.807) is 24.4 Å². The van der Waals surface area contributed by atoms with E-state index in [0.29, 0.717) is 17.9 Å². The lowest BCUT2D eigenvalue weighted by molar-refractivity contribution is 0.316. The summed E-state index contributed by atoms with van der Waals surface area (Å²) in [4.78, 5) is 4.22. The Morgan fingerprint density at radius 2 is 2.37 bits per heavy atom. The molecule has 1 heterocycles. The highest BCUT2D eigenvalue weighted by atomic mass is 16.5. The molecule has 0 fully saturated rings. The Bertz CT molecular complexity index is 578. The number of oxime groups is 1. The lowest BCUT2D eigenvalue weighted by Gasteiger charge is -2.07. The van der Waals surface area contributed by atoms with Gasteiger partial charge in [0.25, 0.3) is 0 Å². The minimum atomic E-state index is 0.0644. The number of hydrogen-bond donors (Lipinski definition) is 2. The summed E-state index contributed by atoms with van der Waals surface area (Å²) in [5.74, 6) is 1.71. The molecule has 2 rings (SSSR count). The molecule has 0 aliphatic rings. The van der Waals surface area contributed by atoms with Crippen molar-refractivity contribution in [1.29, 1.82) is 0 Å². The summed E-state index contributed by atoms with van der Waals surface area (Å²) in [6.07, 6.45) is 4.38. The van der Waals surface area contributed by atoms with Gasteiger partial charge in [-0.05, 0) is 12.1 Å². The number of amidine groups is 1. The van der Waals surface area contributed by atoms with Gasteiger partial charge in [-0.15, -0.1) is 0 Å². The van der Waals surface area contributed by atoms with Crippen LogP contribution < -0.4 is 10.5 Å². The van der Waals surface area contributed by atoms with Gasteiger partial charge in [0, 0.05) is 31.4 Å². The van der Waals surface area contributed by atoms with Crippen molar-refractivity contribution in [2.75, 3.05) is 6.61 Å². The van der Waals surface area contributed by atoms with Gasteiger partial charge in [-0.25, -0.2) is 4.98 Å². The summed E-state index contributed by atoms with van der Waals surface area (Å²) in [5.41, 5.74) is 6.14. The molecule has 0 amide bonds. The monoisotopic (exact) mass is 260 g/mol. The quantitative estimate of drug-likeness (QED) is 0.365. The summed E-state index contributed by atoms with van der Waals surface area (Å²) in [6.45, 7) is 0.518. The predicted octanol–water partition coefficient (Wildman–Crippen LogP) is 1.14. The number of hydrogen-bond acceptors (Lipinski definition) is 4. The first-order valence-corrected chi connectivity index (χ1v) is 5.87. The van der Waals surface area contributed by atoms with Crippen molar-refractivity contribution in [1.82, 2.24) is 9.55 Å². The van der Waals surface area contributed by atoms with Crippen LogP contribution in [0.15, 0.2) is 41.8 Å². The maximum Gasteiger partial charge on any atom is 0.170 e. The van der Waals surface area contributed by atoms with E-state index in [1.807, 2.05) is 23.9 Å². The molecular weight excluding hydrogens is 244 g/mol. The van der Waals surface area contributed by atoms with Gasteiger partial charge in [-0.3, -0.25) is 0 Å². The van der Waals surface area contributed by atoms with Crippen LogP contribution in [0.1, 0.15) is 11.4 Å². The smallest absolute Gasteiger partial charge is 0.170 e. The first kappa shape index (κ1) is 12.9. The minimum absolute atomic E-state index is 0.0644. The number of aromatic nitrogens is 2. The normalized spacial score (nSPS) is 11.5. The summed E-state index contributed by atoms with van der Waals surface area (Å²) >= 11 is 0. The Balaban J connectivity index is 1.95. The van der Waals surface area contributed by atoms with Crippen LogP contribution in [0.3, 0.4) is 0 Å². The molecule has 19 heavy (non-hydrogen) atoms. The van der Waals surface area contributed by atoms with Gasteiger partial charge in [0.15, 0.2) is 5.84 Å². The van der Waals surface area contributed by atoms with Crippen molar-refractivity contribution in [3.8, 4) is 5.75 Å². The Kier molecular flexibility index (Phi) is 4.02. The van der Waals surface area contributed by atoms with Gasteiger partial charge in [0.2, 0.25) is 0 Å². The average molecular weight is 260 g/mol. The lowest BCUT2D eigenvalue weighted by Crippen LogP contribution is -2.13. The van der Waals surface area contributed by atoms with Crippen LogP contribution in [0.4, 0.5) is 0 Å². The zero-order valence-electron chi connectivity index (χ0n) is 10.7. The number of nitrogens with two attached hydrogens (primary N) is 1. The van der Waals surface area contributed by atoms with Crippen molar-refractivity contribution < 1.29 is 9.94 Å². The molecule has 6 nitrogen and oxygen atoms in total. The zero-order valence-corrected chi connectivity index (χ0v) is 10.7. The molecule has 0 radical (unpaired) electrons. The van der Waals surface area contributed by atoms with Crippen LogP contribution in [0.2, 0.25) is 0 Å². The van der Waals surface area contributed by atoms with Gasteiger partial charge >= 0.3 is 0 Å². The van der Waals surface area contributed by atoms with Crippen LogP contribution in [-0.2, 0) is 13.5 Å². The zero-order chi connectivity index (χ0) is 13.7. The maximum atomic E-state index is 8.62. The van der Waals surface area contributed by atoms with Crippen molar-refractivity contribution in [3.05, 3.63) is 48.0 Å². The number of aryl methyl sites for hydroxylation is 1. The third-order valence-corrected chi connectivity index (χ3v) is 2.75. The Morgan fingerprint density at radius 3 is 3.05 bits per heavy atom. The van der Waals surface area contributed by atoms with E-state index in [9.17, 15) is 0 Å². The molecule has 0 saturated carbocycles. The van der Waals surface area contributed by atoms with E-state index in [0.717, 1.165) is 12.2 Å². The molecule has 1 aromatic heterocycles. The molecule has 0 atom stereocenters. The van der Waals surface area contributed by atoms with Crippen molar-refractivity contribution >= 4 is 5.84 Å². The van der Waals surface area contributed by atoms with E-state index < -0.39 is 0 Å². The summed E-state index contributed by atoms with van der Waals surface area (Å²) in [6, 6.07) is 7.10. The first-order chi connectivity index (χ1) is 9.20. The van der Waals surface area contributed by atoms with E-state index in [1.165, 1.54) is 0 Å². The number of nitrogens with zero attached hydrogens (tertiary/aromatic N) is 3. The van der Waals surface area contributed by atoms with E-state index in [-0.39, 0.29) is 5.84 Å². The minimum Gasteiger partial charge on any atom is -0.493 e. The van der Waals surface area contributed by atoms with Gasteiger partial charge in [0.1, 0.15) is 11.6 Å². The third kappa shape index (κ3) is 3.25. The summed E-state index contributed by atoms with van der Waals surface area (Å²) in [7, 11) is 1.95. The van der Waals surface area contributed by atoms with Gasteiger partial charge in [-0.1, -0.05) is 17.3 Å². The molecule has 0 aliphatic carbocycles.